The summed E-state index contributed by atoms with van der Waals surface area (Å²) in [5, 5.41) is 0. The normalized spacial score (nSPS) is 11.0. The van der Waals surface area contributed by atoms with Crippen LogP contribution in [0.4, 0.5) is 0 Å². The van der Waals surface area contributed by atoms with E-state index in [4.69, 9.17) is 9.47 Å². The van der Waals surface area contributed by atoms with E-state index in [0.717, 1.165) is 0 Å². The smallest absolute Gasteiger partial charge is 0.264 e. The van der Waals surface area contributed by atoms with Gasteiger partial charge in [-0.15, -0.1) is 0 Å². The topological polar surface area (TPSA) is 81.7 Å². The second-order valence-corrected chi connectivity index (χ2v) is 6.24. The molecule has 0 aliphatic rings. The Morgan fingerprint density at radius 3 is 2.17 bits per heavy atom. The van der Waals surface area contributed by atoms with Gasteiger partial charge >= 0.3 is 0 Å². The van der Waals surface area contributed by atoms with Crippen molar-refractivity contribution in [2.75, 3.05) is 19.8 Å². The lowest BCUT2D eigenvalue weighted by Crippen LogP contribution is -2.33. The third kappa shape index (κ3) is 5.72. The molecule has 2 rings (SSSR count). The lowest BCUT2D eigenvalue weighted by molar-refractivity contribution is -0.124. The minimum absolute atomic E-state index is 0.0285. The van der Waals surface area contributed by atoms with E-state index in [-0.39, 0.29) is 24.7 Å². The summed E-state index contributed by atoms with van der Waals surface area (Å²) in [6.45, 7) is 0.0840. The minimum Gasteiger partial charge on any atom is -0.491 e. The van der Waals surface area contributed by atoms with Crippen LogP contribution in [0.5, 0.6) is 5.75 Å². The number of benzene rings is 2. The van der Waals surface area contributed by atoms with Crippen molar-refractivity contribution in [3.8, 4) is 5.75 Å². The van der Waals surface area contributed by atoms with E-state index >= 15 is 0 Å². The molecule has 0 radical (unpaired) electrons. The van der Waals surface area contributed by atoms with E-state index in [1.54, 1.807) is 30.3 Å². The van der Waals surface area contributed by atoms with Crippen LogP contribution >= 0.6 is 0 Å². The summed E-state index contributed by atoms with van der Waals surface area (Å²) in [6, 6.07) is 16.8. The zero-order valence-electron chi connectivity index (χ0n) is 12.3. The van der Waals surface area contributed by atoms with Gasteiger partial charge in [0.1, 0.15) is 19.0 Å². The van der Waals surface area contributed by atoms with Crippen LogP contribution in [-0.4, -0.2) is 34.1 Å². The molecule has 23 heavy (non-hydrogen) atoms. The molecule has 0 fully saturated rings. The van der Waals surface area contributed by atoms with Crippen LogP contribution in [0.2, 0.25) is 0 Å². The van der Waals surface area contributed by atoms with Gasteiger partial charge in [0.2, 0.25) is 0 Å². The Morgan fingerprint density at radius 1 is 0.913 bits per heavy atom. The van der Waals surface area contributed by atoms with Crippen LogP contribution in [0.15, 0.2) is 65.6 Å². The number of para-hydroxylation sites is 1. The van der Waals surface area contributed by atoms with Crippen molar-refractivity contribution in [1.29, 1.82) is 0 Å². The maximum absolute atomic E-state index is 11.9. The van der Waals surface area contributed by atoms with Gasteiger partial charge in [0.15, 0.2) is 0 Å². The molecule has 1 N–H and O–H groups in total. The Bertz CT molecular complexity index is 717. The maximum Gasteiger partial charge on any atom is 0.264 e. The van der Waals surface area contributed by atoms with Gasteiger partial charge in [0.05, 0.1) is 11.5 Å². The van der Waals surface area contributed by atoms with Gasteiger partial charge in [-0.25, -0.2) is 13.1 Å². The molecule has 122 valence electrons. The predicted octanol–water partition coefficient (Wildman–Crippen LogP) is 1.59. The number of ether oxygens (including phenoxy) is 2. The highest BCUT2D eigenvalue weighted by atomic mass is 32.2. The highest BCUT2D eigenvalue weighted by Gasteiger charge is 2.16. The molecular formula is C16H17NO5S. The van der Waals surface area contributed by atoms with Gasteiger partial charge < -0.3 is 9.47 Å². The van der Waals surface area contributed by atoms with E-state index in [0.29, 0.717) is 5.75 Å². The van der Waals surface area contributed by atoms with E-state index in [1.165, 1.54) is 12.1 Å². The standard InChI is InChI=1S/C16H17NO5S/c18-16(17-23(19,20)15-9-5-2-6-10-15)13-21-11-12-22-14-7-3-1-4-8-14/h1-10H,11-13H2,(H,17,18). The predicted molar refractivity (Wildman–Crippen MR) is 84.5 cm³/mol. The number of carbonyl (C=O) groups is 1. The molecule has 0 aliphatic carbocycles. The van der Waals surface area contributed by atoms with Gasteiger partial charge in [0, 0.05) is 0 Å². The van der Waals surface area contributed by atoms with Crippen molar-refractivity contribution in [2.24, 2.45) is 0 Å². The van der Waals surface area contributed by atoms with Crippen LogP contribution in [0, 0.1) is 0 Å². The summed E-state index contributed by atoms with van der Waals surface area (Å²) < 4.78 is 36.2. The molecule has 2 aromatic carbocycles. The van der Waals surface area contributed by atoms with Gasteiger partial charge in [-0.1, -0.05) is 36.4 Å². The third-order valence-corrected chi connectivity index (χ3v) is 4.16. The van der Waals surface area contributed by atoms with E-state index in [1.807, 2.05) is 22.9 Å². The highest BCUT2D eigenvalue weighted by molar-refractivity contribution is 7.90. The van der Waals surface area contributed by atoms with E-state index in [2.05, 4.69) is 0 Å². The average molecular weight is 335 g/mol. The van der Waals surface area contributed by atoms with Crippen LogP contribution in [-0.2, 0) is 19.6 Å². The number of carbonyl (C=O) groups excluding carboxylic acids is 1. The summed E-state index contributed by atoms with van der Waals surface area (Å²) in [4.78, 5) is 11.6. The SMILES string of the molecule is O=C(COCCOc1ccccc1)NS(=O)(=O)c1ccccc1. The molecule has 0 saturated heterocycles. The number of rotatable bonds is 8. The molecule has 1 amide bonds. The molecule has 2 aromatic rings. The third-order valence-electron chi connectivity index (χ3n) is 2.77. The maximum atomic E-state index is 11.9. The number of amides is 1. The van der Waals surface area contributed by atoms with Crippen molar-refractivity contribution >= 4 is 15.9 Å². The van der Waals surface area contributed by atoms with E-state index in [9.17, 15) is 13.2 Å². The van der Waals surface area contributed by atoms with Gasteiger partial charge in [0.25, 0.3) is 15.9 Å². The average Bonchev–Trinajstić information content (AvgIpc) is 2.56. The monoisotopic (exact) mass is 335 g/mol. The largest absolute Gasteiger partial charge is 0.491 e. The van der Waals surface area contributed by atoms with Crippen molar-refractivity contribution < 1.29 is 22.7 Å². The highest BCUT2D eigenvalue weighted by Crippen LogP contribution is 2.08. The Kier molecular flexibility index (Phi) is 6.13. The minimum atomic E-state index is -3.86. The molecule has 6 nitrogen and oxygen atoms in total. The molecule has 0 heterocycles. The van der Waals surface area contributed by atoms with Crippen molar-refractivity contribution in [3.63, 3.8) is 0 Å². The first-order valence-corrected chi connectivity index (χ1v) is 8.42. The van der Waals surface area contributed by atoms with Gasteiger partial charge in [-0.2, -0.15) is 0 Å². The zero-order valence-corrected chi connectivity index (χ0v) is 13.2. The molecule has 0 aromatic heterocycles. The number of hydrogen-bond acceptors (Lipinski definition) is 5. The summed E-state index contributed by atoms with van der Waals surface area (Å²) in [6.07, 6.45) is 0. The molecule has 0 saturated carbocycles. The second kappa shape index (κ2) is 8.30. The Morgan fingerprint density at radius 2 is 1.52 bits per heavy atom. The molecule has 7 heteroatoms. The number of hydrogen-bond donors (Lipinski definition) is 1. The van der Waals surface area contributed by atoms with Gasteiger partial charge in [-0.3, -0.25) is 4.79 Å². The Hall–Kier alpha value is -2.38. The van der Waals surface area contributed by atoms with Crippen molar-refractivity contribution in [3.05, 3.63) is 60.7 Å². The molecular weight excluding hydrogens is 318 g/mol. The van der Waals surface area contributed by atoms with Gasteiger partial charge in [-0.05, 0) is 24.3 Å². The first-order chi connectivity index (χ1) is 11.1. The quantitative estimate of drug-likeness (QED) is 0.741. The molecule has 0 atom stereocenters. The fourth-order valence-electron chi connectivity index (χ4n) is 1.74. The first kappa shape index (κ1) is 17.0. The van der Waals surface area contributed by atoms with E-state index < -0.39 is 15.9 Å². The first-order valence-electron chi connectivity index (χ1n) is 6.94. The van der Waals surface area contributed by atoms with Crippen molar-refractivity contribution in [2.45, 2.75) is 4.90 Å². The summed E-state index contributed by atoms with van der Waals surface area (Å²) in [7, 11) is -3.86. The molecule has 0 spiro atoms. The zero-order chi connectivity index (χ0) is 16.5. The van der Waals surface area contributed by atoms with Crippen LogP contribution in [0.1, 0.15) is 0 Å². The Labute approximate surface area is 135 Å². The molecule has 0 aliphatic heterocycles. The molecule has 0 unspecified atom stereocenters. The molecule has 0 bridgehead atoms. The summed E-state index contributed by atoms with van der Waals surface area (Å²) in [5.74, 6) is -0.0271. The number of sulfonamides is 1. The van der Waals surface area contributed by atoms with Crippen LogP contribution in [0.25, 0.3) is 0 Å². The fourth-order valence-corrected chi connectivity index (χ4v) is 2.73. The van der Waals surface area contributed by atoms with Crippen LogP contribution in [0.3, 0.4) is 0 Å². The summed E-state index contributed by atoms with van der Waals surface area (Å²) in [5.41, 5.74) is 0. The lowest BCUT2D eigenvalue weighted by Gasteiger charge is -2.08. The lowest BCUT2D eigenvalue weighted by atomic mass is 10.3. The fraction of sp³-hybridized carbons (Fsp3) is 0.188. The Balaban J connectivity index is 1.69. The summed E-state index contributed by atoms with van der Waals surface area (Å²) >= 11 is 0. The number of nitrogens with one attached hydrogen (secondary N) is 1. The van der Waals surface area contributed by atoms with Crippen LogP contribution < -0.4 is 9.46 Å². The second-order valence-electron chi connectivity index (χ2n) is 4.56. The van der Waals surface area contributed by atoms with Crippen molar-refractivity contribution in [1.82, 2.24) is 4.72 Å².